The maximum atomic E-state index is 12.0. The van der Waals surface area contributed by atoms with E-state index in [-0.39, 0.29) is 18.4 Å². The number of fused-ring (bicyclic) bond motifs is 1. The van der Waals surface area contributed by atoms with E-state index in [1.54, 1.807) is 11.0 Å². The lowest BCUT2D eigenvalue weighted by atomic mass is 10.00. The molecular weight excluding hydrogens is 278 g/mol. The molecule has 1 heterocycles. The van der Waals surface area contributed by atoms with Gasteiger partial charge in [-0.3, -0.25) is 4.79 Å². The van der Waals surface area contributed by atoms with E-state index in [1.165, 1.54) is 0 Å². The third kappa shape index (κ3) is 3.14. The fourth-order valence-electron chi connectivity index (χ4n) is 2.25. The molecule has 5 heteroatoms. The smallest absolute Gasteiger partial charge is 0.227 e. The number of nitrogens with zero attached hydrogens (tertiary/aromatic N) is 1. The van der Waals surface area contributed by atoms with Gasteiger partial charge in [0.15, 0.2) is 0 Å². The molecule has 1 aliphatic heterocycles. The molecule has 0 saturated carbocycles. The summed E-state index contributed by atoms with van der Waals surface area (Å²) in [4.78, 5) is 13.7. The van der Waals surface area contributed by atoms with Crippen molar-refractivity contribution in [2.24, 2.45) is 0 Å². The summed E-state index contributed by atoms with van der Waals surface area (Å²) >= 11 is 5.55. The predicted molar refractivity (Wildman–Crippen MR) is 79.5 cm³/mol. The zero-order valence-corrected chi connectivity index (χ0v) is 12.0. The Balaban J connectivity index is 2.24. The number of aliphatic hydroxyl groups is 1. The number of rotatable bonds is 6. The highest BCUT2D eigenvalue weighted by Crippen LogP contribution is 2.34. The van der Waals surface area contributed by atoms with Crippen LogP contribution in [0.4, 0.5) is 5.69 Å². The highest BCUT2D eigenvalue weighted by atomic mass is 35.5. The van der Waals surface area contributed by atoms with E-state index in [4.69, 9.17) is 16.3 Å². The Morgan fingerprint density at radius 1 is 1.50 bits per heavy atom. The van der Waals surface area contributed by atoms with E-state index in [0.717, 1.165) is 11.3 Å². The third-order valence-corrected chi connectivity index (χ3v) is 3.57. The molecule has 0 fully saturated rings. The molecule has 1 aliphatic rings. The lowest BCUT2D eigenvalue weighted by Gasteiger charge is -2.29. The monoisotopic (exact) mass is 295 g/mol. The first-order chi connectivity index (χ1) is 9.67. The van der Waals surface area contributed by atoms with Crippen LogP contribution in [0.1, 0.15) is 12.0 Å². The minimum absolute atomic E-state index is 0.0929. The van der Waals surface area contributed by atoms with Crippen LogP contribution in [-0.2, 0) is 11.2 Å². The lowest BCUT2D eigenvalue weighted by molar-refractivity contribution is -0.118. The van der Waals surface area contributed by atoms with Gasteiger partial charge >= 0.3 is 0 Å². The minimum atomic E-state index is -0.693. The number of halogens is 1. The molecule has 0 aromatic heterocycles. The van der Waals surface area contributed by atoms with Gasteiger partial charge in [0, 0.05) is 18.5 Å². The van der Waals surface area contributed by atoms with E-state index in [1.807, 2.05) is 18.2 Å². The van der Waals surface area contributed by atoms with Crippen molar-refractivity contribution in [3.8, 4) is 5.75 Å². The van der Waals surface area contributed by atoms with Gasteiger partial charge in [-0.1, -0.05) is 12.1 Å². The molecule has 0 saturated heterocycles. The average molecular weight is 296 g/mol. The van der Waals surface area contributed by atoms with Crippen LogP contribution in [0.15, 0.2) is 30.9 Å². The molecular formula is C15H18ClNO3. The summed E-state index contributed by atoms with van der Waals surface area (Å²) in [6.07, 6.45) is 2.12. The number of hydrogen-bond acceptors (Lipinski definition) is 3. The Kier molecular flexibility index (Phi) is 5.04. The minimum Gasteiger partial charge on any atom is -0.490 e. The second-order valence-electron chi connectivity index (χ2n) is 4.67. The maximum absolute atomic E-state index is 12.0. The molecule has 0 radical (unpaired) electrons. The summed E-state index contributed by atoms with van der Waals surface area (Å²) in [5.41, 5.74) is 1.86. The first-order valence-electron chi connectivity index (χ1n) is 6.57. The van der Waals surface area contributed by atoms with E-state index >= 15 is 0 Å². The summed E-state index contributed by atoms with van der Waals surface area (Å²) in [6, 6.07) is 5.60. The number of ether oxygens (including phenoxy) is 1. The number of carbonyl (C=O) groups is 1. The van der Waals surface area contributed by atoms with Crippen LogP contribution in [0.5, 0.6) is 5.75 Å². The van der Waals surface area contributed by atoms with Gasteiger partial charge in [-0.05, 0) is 18.6 Å². The topological polar surface area (TPSA) is 49.8 Å². The van der Waals surface area contributed by atoms with Gasteiger partial charge in [0.2, 0.25) is 5.91 Å². The van der Waals surface area contributed by atoms with Crippen molar-refractivity contribution in [3.05, 3.63) is 36.4 Å². The fraction of sp³-hybridized carbons (Fsp3) is 0.400. The quantitative estimate of drug-likeness (QED) is 0.646. The van der Waals surface area contributed by atoms with Crippen molar-refractivity contribution in [2.45, 2.75) is 18.9 Å². The van der Waals surface area contributed by atoms with Gasteiger partial charge < -0.3 is 14.7 Å². The summed E-state index contributed by atoms with van der Waals surface area (Å²) in [7, 11) is 0. The molecule has 1 amide bonds. The van der Waals surface area contributed by atoms with Gasteiger partial charge in [-0.2, -0.15) is 0 Å². The lowest BCUT2D eigenvalue weighted by Crippen LogP contribution is -2.35. The second-order valence-corrected chi connectivity index (χ2v) is 4.97. The van der Waals surface area contributed by atoms with E-state index in [9.17, 15) is 9.90 Å². The van der Waals surface area contributed by atoms with Crippen LogP contribution < -0.4 is 9.64 Å². The molecule has 1 aromatic rings. The summed E-state index contributed by atoms with van der Waals surface area (Å²) < 4.78 is 5.62. The molecule has 1 N–H and O–H groups in total. The molecule has 4 nitrogen and oxygen atoms in total. The number of carbonyl (C=O) groups excluding carboxylic acids is 1. The Morgan fingerprint density at radius 3 is 3.00 bits per heavy atom. The molecule has 20 heavy (non-hydrogen) atoms. The first kappa shape index (κ1) is 14.9. The molecule has 1 atom stereocenters. The van der Waals surface area contributed by atoms with Crippen molar-refractivity contribution in [3.63, 3.8) is 0 Å². The van der Waals surface area contributed by atoms with Gasteiger partial charge in [0.25, 0.3) is 0 Å². The normalized spacial score (nSPS) is 15.7. The van der Waals surface area contributed by atoms with Crippen molar-refractivity contribution in [2.75, 3.05) is 23.9 Å². The highest BCUT2D eigenvalue weighted by molar-refractivity contribution is 6.18. The molecule has 0 aliphatic carbocycles. The SMILES string of the molecule is C=CCN1C(=O)CCc2c(OCC(O)CCl)cccc21. The van der Waals surface area contributed by atoms with Gasteiger partial charge in [0.1, 0.15) is 18.5 Å². The molecule has 1 aromatic carbocycles. The van der Waals surface area contributed by atoms with Crippen molar-refractivity contribution in [1.29, 1.82) is 0 Å². The number of alkyl halides is 1. The van der Waals surface area contributed by atoms with Crippen LogP contribution in [0.25, 0.3) is 0 Å². The Bertz CT molecular complexity index is 504. The number of amides is 1. The van der Waals surface area contributed by atoms with Gasteiger partial charge in [-0.25, -0.2) is 0 Å². The van der Waals surface area contributed by atoms with Crippen LogP contribution in [-0.4, -0.2) is 36.1 Å². The summed E-state index contributed by atoms with van der Waals surface area (Å²) in [5.74, 6) is 0.930. The van der Waals surface area contributed by atoms with Crippen LogP contribution >= 0.6 is 11.6 Å². The molecule has 0 bridgehead atoms. The first-order valence-corrected chi connectivity index (χ1v) is 7.10. The number of hydrogen-bond donors (Lipinski definition) is 1. The van der Waals surface area contributed by atoms with Crippen molar-refractivity contribution in [1.82, 2.24) is 0 Å². The molecule has 0 spiro atoms. The number of aliphatic hydroxyl groups excluding tert-OH is 1. The van der Waals surface area contributed by atoms with Crippen LogP contribution in [0.3, 0.4) is 0 Å². The number of benzene rings is 1. The Hall–Kier alpha value is -1.52. The van der Waals surface area contributed by atoms with Crippen molar-refractivity contribution < 1.29 is 14.6 Å². The second kappa shape index (κ2) is 6.77. The number of anilines is 1. The van der Waals surface area contributed by atoms with E-state index in [2.05, 4.69) is 6.58 Å². The average Bonchev–Trinajstić information content (AvgIpc) is 2.47. The van der Waals surface area contributed by atoms with Gasteiger partial charge in [0.05, 0.1) is 11.6 Å². The van der Waals surface area contributed by atoms with E-state index in [0.29, 0.717) is 25.1 Å². The zero-order valence-electron chi connectivity index (χ0n) is 11.2. The Labute approximate surface area is 123 Å². The summed E-state index contributed by atoms with van der Waals surface area (Å²) in [5, 5.41) is 9.47. The predicted octanol–water partition coefficient (Wildman–Crippen LogP) is 2.13. The summed E-state index contributed by atoms with van der Waals surface area (Å²) in [6.45, 7) is 4.32. The maximum Gasteiger partial charge on any atom is 0.227 e. The van der Waals surface area contributed by atoms with E-state index < -0.39 is 6.10 Å². The standard InChI is InChI=1S/C15H18ClNO3/c1-2-8-17-13-4-3-5-14(20-10-11(18)9-16)12(13)6-7-15(17)19/h2-5,11,18H,1,6-10H2. The van der Waals surface area contributed by atoms with Crippen LogP contribution in [0, 0.1) is 0 Å². The fourth-order valence-corrected chi connectivity index (χ4v) is 2.34. The highest BCUT2D eigenvalue weighted by Gasteiger charge is 2.25. The largest absolute Gasteiger partial charge is 0.490 e. The molecule has 1 unspecified atom stereocenters. The third-order valence-electron chi connectivity index (χ3n) is 3.21. The van der Waals surface area contributed by atoms with Crippen molar-refractivity contribution >= 4 is 23.2 Å². The van der Waals surface area contributed by atoms with Gasteiger partial charge in [-0.15, -0.1) is 18.2 Å². The Morgan fingerprint density at radius 2 is 2.30 bits per heavy atom. The zero-order chi connectivity index (χ0) is 14.5. The molecule has 2 rings (SSSR count). The molecule has 108 valence electrons. The van der Waals surface area contributed by atoms with Crippen LogP contribution in [0.2, 0.25) is 0 Å².